The highest BCUT2D eigenvalue weighted by atomic mass is 32.1. The minimum absolute atomic E-state index is 0.493. The van der Waals surface area contributed by atoms with Gasteiger partial charge in [0, 0.05) is 11.8 Å². The molecular formula is C25H24NPS. The van der Waals surface area contributed by atoms with E-state index in [1.807, 2.05) is 0 Å². The summed E-state index contributed by atoms with van der Waals surface area (Å²) in [7, 11) is -0.535. The number of benzene rings is 3. The van der Waals surface area contributed by atoms with E-state index in [9.17, 15) is 0 Å². The molecule has 3 heteroatoms. The van der Waals surface area contributed by atoms with E-state index in [0.717, 1.165) is 6.42 Å². The molecule has 0 unspecified atom stereocenters. The number of hydrogen-bond acceptors (Lipinski definition) is 2. The van der Waals surface area contributed by atoms with E-state index >= 15 is 0 Å². The SMILES string of the molecule is CC(C)c1csc(Cc2ccc(P(c3ccccc3)c3ccccc3)cc2)n1. The van der Waals surface area contributed by atoms with Gasteiger partial charge in [-0.2, -0.15) is 0 Å². The van der Waals surface area contributed by atoms with Gasteiger partial charge >= 0.3 is 0 Å². The summed E-state index contributed by atoms with van der Waals surface area (Å²) in [4.78, 5) is 4.78. The van der Waals surface area contributed by atoms with Gasteiger partial charge in [0.25, 0.3) is 0 Å². The van der Waals surface area contributed by atoms with Crippen LogP contribution in [-0.4, -0.2) is 4.98 Å². The molecule has 1 aromatic heterocycles. The lowest BCUT2D eigenvalue weighted by Gasteiger charge is -2.19. The zero-order valence-corrected chi connectivity index (χ0v) is 18.0. The molecule has 0 aliphatic carbocycles. The summed E-state index contributed by atoms with van der Waals surface area (Å²) in [6.07, 6.45) is 0.909. The predicted molar refractivity (Wildman–Crippen MR) is 124 cm³/mol. The normalized spacial score (nSPS) is 11.3. The average Bonchev–Trinajstić information content (AvgIpc) is 3.20. The van der Waals surface area contributed by atoms with Crippen molar-refractivity contribution in [3.63, 3.8) is 0 Å². The molecule has 1 nitrogen and oxygen atoms in total. The zero-order chi connectivity index (χ0) is 19.3. The van der Waals surface area contributed by atoms with Crippen molar-refractivity contribution in [1.82, 2.24) is 4.98 Å². The molecule has 0 radical (unpaired) electrons. The Labute approximate surface area is 172 Å². The molecule has 4 rings (SSSR count). The molecular weight excluding hydrogens is 377 g/mol. The van der Waals surface area contributed by atoms with E-state index in [4.69, 9.17) is 4.98 Å². The summed E-state index contributed by atoms with van der Waals surface area (Å²) in [5, 5.41) is 7.55. The monoisotopic (exact) mass is 401 g/mol. The molecule has 0 aliphatic rings. The molecule has 0 amide bonds. The van der Waals surface area contributed by atoms with Gasteiger partial charge in [0.05, 0.1) is 10.7 Å². The van der Waals surface area contributed by atoms with Crippen molar-refractivity contribution in [3.05, 3.63) is 107 Å². The molecule has 140 valence electrons. The summed E-state index contributed by atoms with van der Waals surface area (Å²) in [6, 6.07) is 30.8. The Kier molecular flexibility index (Phi) is 6.00. The Morgan fingerprint density at radius 2 is 1.29 bits per heavy atom. The maximum absolute atomic E-state index is 4.78. The Balaban J connectivity index is 1.61. The first kappa shape index (κ1) is 19.1. The molecule has 0 atom stereocenters. The molecule has 28 heavy (non-hydrogen) atoms. The number of rotatable bonds is 6. The Bertz CT molecular complexity index is 968. The van der Waals surface area contributed by atoms with Crippen LogP contribution < -0.4 is 15.9 Å². The lowest BCUT2D eigenvalue weighted by molar-refractivity contribution is 0.825. The maximum atomic E-state index is 4.78. The highest BCUT2D eigenvalue weighted by Gasteiger charge is 2.16. The number of hydrogen-bond donors (Lipinski definition) is 0. The second-order valence-corrected chi connectivity index (χ2v) is 10.3. The van der Waals surface area contributed by atoms with Crippen molar-refractivity contribution in [2.45, 2.75) is 26.2 Å². The van der Waals surface area contributed by atoms with E-state index < -0.39 is 7.92 Å². The minimum Gasteiger partial charge on any atom is -0.246 e. The fourth-order valence-corrected chi connectivity index (χ4v) is 6.48. The van der Waals surface area contributed by atoms with Gasteiger partial charge in [-0.15, -0.1) is 11.3 Å². The van der Waals surface area contributed by atoms with Crippen LogP contribution in [0.2, 0.25) is 0 Å². The minimum atomic E-state index is -0.535. The first-order valence-electron chi connectivity index (χ1n) is 9.64. The van der Waals surface area contributed by atoms with E-state index in [-0.39, 0.29) is 0 Å². The summed E-state index contributed by atoms with van der Waals surface area (Å²) in [5.74, 6) is 0.493. The van der Waals surface area contributed by atoms with Gasteiger partial charge in [0.1, 0.15) is 0 Å². The maximum Gasteiger partial charge on any atom is 0.0972 e. The Hall–Kier alpha value is -2.28. The van der Waals surface area contributed by atoms with Crippen LogP contribution in [0, 0.1) is 0 Å². The quantitative estimate of drug-likeness (QED) is 0.382. The molecule has 0 bridgehead atoms. The van der Waals surface area contributed by atoms with Crippen molar-refractivity contribution in [1.29, 1.82) is 0 Å². The van der Waals surface area contributed by atoms with E-state index in [0.29, 0.717) is 5.92 Å². The van der Waals surface area contributed by atoms with Crippen LogP contribution in [0.3, 0.4) is 0 Å². The summed E-state index contributed by atoms with van der Waals surface area (Å²) < 4.78 is 0. The molecule has 0 N–H and O–H groups in total. The third kappa shape index (κ3) is 4.41. The van der Waals surface area contributed by atoms with Crippen molar-refractivity contribution in [3.8, 4) is 0 Å². The standard InChI is InChI=1S/C25H24NPS/c1-19(2)24-18-28-25(26-24)17-20-13-15-23(16-14-20)27(21-9-5-3-6-10-21)22-11-7-4-8-12-22/h3-16,18-19H,17H2,1-2H3. The van der Waals surface area contributed by atoms with Crippen LogP contribution in [0.15, 0.2) is 90.3 Å². The highest BCUT2D eigenvalue weighted by molar-refractivity contribution is 7.79. The summed E-state index contributed by atoms with van der Waals surface area (Å²) in [5.41, 5.74) is 2.53. The molecule has 3 aromatic carbocycles. The predicted octanol–water partition coefficient (Wildman–Crippen LogP) is 5.62. The number of aromatic nitrogens is 1. The fourth-order valence-electron chi connectivity index (χ4n) is 3.21. The molecule has 0 spiro atoms. The third-order valence-electron chi connectivity index (χ3n) is 4.74. The van der Waals surface area contributed by atoms with E-state index in [1.165, 1.54) is 32.2 Å². The smallest absolute Gasteiger partial charge is 0.0972 e. The largest absolute Gasteiger partial charge is 0.246 e. The number of thiazole rings is 1. The van der Waals surface area contributed by atoms with Crippen LogP contribution in [-0.2, 0) is 6.42 Å². The summed E-state index contributed by atoms with van der Waals surface area (Å²) >= 11 is 1.77. The van der Waals surface area contributed by atoms with Crippen molar-refractivity contribution >= 4 is 35.2 Å². The average molecular weight is 402 g/mol. The summed E-state index contributed by atoms with van der Waals surface area (Å²) in [6.45, 7) is 4.40. The van der Waals surface area contributed by atoms with Gasteiger partial charge in [0.2, 0.25) is 0 Å². The molecule has 0 fully saturated rings. The first-order chi connectivity index (χ1) is 13.7. The van der Waals surface area contributed by atoms with Crippen molar-refractivity contribution < 1.29 is 0 Å². The topological polar surface area (TPSA) is 12.9 Å². The molecule has 0 aliphatic heterocycles. The van der Waals surface area contributed by atoms with Gasteiger partial charge in [-0.25, -0.2) is 4.98 Å². The van der Waals surface area contributed by atoms with Crippen molar-refractivity contribution in [2.24, 2.45) is 0 Å². The number of nitrogens with zero attached hydrogens (tertiary/aromatic N) is 1. The highest BCUT2D eigenvalue weighted by Crippen LogP contribution is 2.32. The van der Waals surface area contributed by atoms with Crippen LogP contribution in [0.25, 0.3) is 0 Å². The fraction of sp³-hybridized carbons (Fsp3) is 0.160. The van der Waals surface area contributed by atoms with Gasteiger partial charge in [-0.1, -0.05) is 98.8 Å². The van der Waals surface area contributed by atoms with Gasteiger partial charge in [0.15, 0.2) is 0 Å². The van der Waals surface area contributed by atoms with Crippen LogP contribution in [0.5, 0.6) is 0 Å². The van der Waals surface area contributed by atoms with Gasteiger partial charge in [-0.05, 0) is 35.3 Å². The molecule has 0 saturated heterocycles. The van der Waals surface area contributed by atoms with E-state index in [1.54, 1.807) is 11.3 Å². The lowest BCUT2D eigenvalue weighted by Crippen LogP contribution is -2.20. The van der Waals surface area contributed by atoms with Crippen LogP contribution in [0.1, 0.15) is 36.0 Å². The molecule has 4 aromatic rings. The Morgan fingerprint density at radius 1 is 0.750 bits per heavy atom. The second-order valence-electron chi connectivity index (χ2n) is 7.17. The van der Waals surface area contributed by atoms with Crippen LogP contribution in [0.4, 0.5) is 0 Å². The lowest BCUT2D eigenvalue weighted by atomic mass is 10.1. The second kappa shape index (κ2) is 8.82. The third-order valence-corrected chi connectivity index (χ3v) is 8.05. The van der Waals surface area contributed by atoms with Crippen molar-refractivity contribution in [2.75, 3.05) is 0 Å². The molecule has 0 saturated carbocycles. The van der Waals surface area contributed by atoms with Gasteiger partial charge in [-0.3, -0.25) is 0 Å². The first-order valence-corrected chi connectivity index (χ1v) is 11.9. The van der Waals surface area contributed by atoms with Gasteiger partial charge < -0.3 is 0 Å². The van der Waals surface area contributed by atoms with E-state index in [2.05, 4.69) is 104 Å². The van der Waals surface area contributed by atoms with Crippen LogP contribution >= 0.6 is 19.3 Å². The Morgan fingerprint density at radius 3 is 1.79 bits per heavy atom. The zero-order valence-electron chi connectivity index (χ0n) is 16.2. The molecule has 1 heterocycles.